The number of amides is 1. The molecule has 1 heterocycles. The lowest BCUT2D eigenvalue weighted by Crippen LogP contribution is -2.39. The number of hydrogen-bond donors (Lipinski definition) is 1. The Morgan fingerprint density at radius 3 is 2.27 bits per heavy atom. The normalized spacial score (nSPS) is 15.6. The zero-order valence-electron chi connectivity index (χ0n) is 23.0. The zero-order chi connectivity index (χ0) is 28.4. The van der Waals surface area contributed by atoms with Gasteiger partial charge in [0.25, 0.3) is 10.0 Å². The molecule has 1 aliphatic heterocycles. The second-order valence-electron chi connectivity index (χ2n) is 9.96. The molecular formula is C31H33N3O5S. The second kappa shape index (κ2) is 11.2. The molecule has 1 amide bonds. The average molecular weight is 560 g/mol. The molecule has 0 saturated carbocycles. The van der Waals surface area contributed by atoms with Gasteiger partial charge in [-0.1, -0.05) is 54.6 Å². The summed E-state index contributed by atoms with van der Waals surface area (Å²) in [6.45, 7) is 0.385. The van der Waals surface area contributed by atoms with Crippen LogP contribution in [-0.2, 0) is 14.8 Å². The highest BCUT2D eigenvalue weighted by Crippen LogP contribution is 2.41. The van der Waals surface area contributed by atoms with Crippen molar-refractivity contribution in [2.24, 2.45) is 0 Å². The highest BCUT2D eigenvalue weighted by Gasteiger charge is 2.40. The Hall–Kier alpha value is -4.08. The van der Waals surface area contributed by atoms with Gasteiger partial charge in [0, 0.05) is 17.3 Å². The average Bonchev–Trinajstić information content (AvgIpc) is 3.37. The third-order valence-electron chi connectivity index (χ3n) is 7.47. The molecule has 5 rings (SSSR count). The largest absolute Gasteiger partial charge is 0.497 e. The van der Waals surface area contributed by atoms with Crippen molar-refractivity contribution < 1.29 is 22.7 Å². The molecule has 1 N–H and O–H groups in total. The molecule has 4 aromatic rings. The number of nitrogens with zero attached hydrogens (tertiary/aromatic N) is 2. The first kappa shape index (κ1) is 27.5. The van der Waals surface area contributed by atoms with Gasteiger partial charge in [0.15, 0.2) is 0 Å². The van der Waals surface area contributed by atoms with Crippen LogP contribution in [0.15, 0.2) is 89.8 Å². The van der Waals surface area contributed by atoms with E-state index in [0.717, 1.165) is 11.3 Å². The molecule has 208 valence electrons. The maximum Gasteiger partial charge on any atom is 0.264 e. The minimum absolute atomic E-state index is 0.0169. The second-order valence-corrected chi connectivity index (χ2v) is 11.8. The van der Waals surface area contributed by atoms with Crippen molar-refractivity contribution in [1.29, 1.82) is 0 Å². The van der Waals surface area contributed by atoms with E-state index in [9.17, 15) is 13.2 Å². The first-order chi connectivity index (χ1) is 19.3. The van der Waals surface area contributed by atoms with Crippen molar-refractivity contribution in [1.82, 2.24) is 10.2 Å². The fraction of sp³-hybridized carbons (Fsp3) is 0.258. The molecule has 4 aromatic carbocycles. The van der Waals surface area contributed by atoms with Crippen LogP contribution in [0.2, 0.25) is 0 Å². The number of rotatable bonds is 9. The van der Waals surface area contributed by atoms with Gasteiger partial charge in [0.2, 0.25) is 5.91 Å². The first-order valence-electron chi connectivity index (χ1n) is 13.0. The molecule has 1 aliphatic rings. The quantitative estimate of drug-likeness (QED) is 0.323. The summed E-state index contributed by atoms with van der Waals surface area (Å²) in [5, 5.41) is 4.36. The van der Waals surface area contributed by atoms with Gasteiger partial charge < -0.3 is 19.7 Å². The van der Waals surface area contributed by atoms with Crippen LogP contribution < -0.4 is 19.1 Å². The summed E-state index contributed by atoms with van der Waals surface area (Å²) in [6.07, 6.45) is 0. The summed E-state index contributed by atoms with van der Waals surface area (Å²) < 4.78 is 40.3. The van der Waals surface area contributed by atoms with Crippen LogP contribution >= 0.6 is 0 Å². The van der Waals surface area contributed by atoms with Crippen LogP contribution in [-0.4, -0.2) is 60.6 Å². The van der Waals surface area contributed by atoms with E-state index < -0.39 is 15.9 Å². The van der Waals surface area contributed by atoms with Gasteiger partial charge in [-0.2, -0.15) is 0 Å². The Labute approximate surface area is 235 Å². The van der Waals surface area contributed by atoms with Crippen molar-refractivity contribution >= 4 is 32.4 Å². The van der Waals surface area contributed by atoms with Gasteiger partial charge in [-0.15, -0.1) is 0 Å². The third-order valence-corrected chi connectivity index (χ3v) is 9.31. The number of methoxy groups -OCH3 is 2. The van der Waals surface area contributed by atoms with Crippen molar-refractivity contribution in [3.8, 4) is 11.5 Å². The molecule has 0 radical (unpaired) electrons. The van der Waals surface area contributed by atoms with Crippen molar-refractivity contribution in [3.05, 3.63) is 96.1 Å². The number of para-hydroxylation sites is 1. The maximum absolute atomic E-state index is 14.1. The Kier molecular flexibility index (Phi) is 7.69. The lowest BCUT2D eigenvalue weighted by atomic mass is 10.00. The number of likely N-dealkylation sites (N-methyl/N-ethyl adjacent to an activating group) is 1. The summed E-state index contributed by atoms with van der Waals surface area (Å²) >= 11 is 0. The van der Waals surface area contributed by atoms with Gasteiger partial charge in [-0.25, -0.2) is 8.42 Å². The molecule has 9 heteroatoms. The predicted molar refractivity (Wildman–Crippen MR) is 157 cm³/mol. The monoisotopic (exact) mass is 559 g/mol. The third kappa shape index (κ3) is 4.98. The standard InChI is InChI=1S/C31H33N3O5S/c1-33(2)28(21-13-15-22(38-3)16-14-21)19-32-31(35)26-20-34(27-12-8-7-9-23(26)27)40(36,37)30-18-17-29(39-4)24-10-5-6-11-25(24)30/h5-18,26,28H,19-20H2,1-4H3,(H,32,35). The fourth-order valence-corrected chi connectivity index (χ4v) is 7.04. The summed E-state index contributed by atoms with van der Waals surface area (Å²) in [7, 11) is 3.11. The number of ether oxygens (including phenoxy) is 2. The number of carbonyl (C=O) groups excluding carboxylic acids is 1. The smallest absolute Gasteiger partial charge is 0.264 e. The number of fused-ring (bicyclic) bond motifs is 2. The highest BCUT2D eigenvalue weighted by molar-refractivity contribution is 7.93. The number of hydrogen-bond acceptors (Lipinski definition) is 6. The van der Waals surface area contributed by atoms with E-state index in [2.05, 4.69) is 5.32 Å². The number of anilines is 1. The summed E-state index contributed by atoms with van der Waals surface area (Å²) in [5.41, 5.74) is 2.24. The molecular weight excluding hydrogens is 526 g/mol. The van der Waals surface area contributed by atoms with Gasteiger partial charge in [0.1, 0.15) is 11.5 Å². The van der Waals surface area contributed by atoms with E-state index in [4.69, 9.17) is 9.47 Å². The lowest BCUT2D eigenvalue weighted by molar-refractivity contribution is -0.122. The van der Waals surface area contributed by atoms with Crippen molar-refractivity contribution in [2.75, 3.05) is 45.7 Å². The molecule has 40 heavy (non-hydrogen) atoms. The molecule has 0 aliphatic carbocycles. The van der Waals surface area contributed by atoms with E-state index in [1.807, 2.05) is 67.5 Å². The number of benzene rings is 4. The van der Waals surface area contributed by atoms with Crippen LogP contribution in [0.25, 0.3) is 10.8 Å². The van der Waals surface area contributed by atoms with Crippen LogP contribution in [0.5, 0.6) is 11.5 Å². The molecule has 8 nitrogen and oxygen atoms in total. The topological polar surface area (TPSA) is 88.2 Å². The Balaban J connectivity index is 1.42. The van der Waals surface area contributed by atoms with Gasteiger partial charge in [-0.05, 0) is 55.6 Å². The van der Waals surface area contributed by atoms with E-state index in [-0.39, 0.29) is 23.4 Å². The number of carbonyl (C=O) groups is 1. The van der Waals surface area contributed by atoms with E-state index in [1.165, 1.54) is 4.31 Å². The summed E-state index contributed by atoms with van der Waals surface area (Å²) in [5.74, 6) is 0.499. The SMILES string of the molecule is COc1ccc(C(CNC(=O)C2CN(S(=O)(=O)c3ccc(OC)c4ccccc34)c3ccccc32)N(C)C)cc1. The minimum Gasteiger partial charge on any atom is -0.497 e. The molecule has 0 spiro atoms. The zero-order valence-corrected chi connectivity index (χ0v) is 23.8. The molecule has 0 bridgehead atoms. The summed E-state index contributed by atoms with van der Waals surface area (Å²) in [4.78, 5) is 15.8. The van der Waals surface area contributed by atoms with E-state index >= 15 is 0 Å². The maximum atomic E-state index is 14.1. The summed E-state index contributed by atoms with van der Waals surface area (Å²) in [6, 6.07) is 25.4. The number of nitrogens with one attached hydrogen (secondary N) is 1. The van der Waals surface area contributed by atoms with Crippen molar-refractivity contribution in [3.63, 3.8) is 0 Å². The Bertz CT molecular complexity index is 1640. The van der Waals surface area contributed by atoms with Gasteiger partial charge in [0.05, 0.1) is 43.3 Å². The van der Waals surface area contributed by atoms with Gasteiger partial charge >= 0.3 is 0 Å². The van der Waals surface area contributed by atoms with Gasteiger partial charge in [-0.3, -0.25) is 9.10 Å². The Morgan fingerprint density at radius 2 is 1.60 bits per heavy atom. The molecule has 2 atom stereocenters. The predicted octanol–water partition coefficient (Wildman–Crippen LogP) is 4.57. The number of sulfonamides is 1. The Morgan fingerprint density at radius 1 is 0.925 bits per heavy atom. The molecule has 0 aromatic heterocycles. The lowest BCUT2D eigenvalue weighted by Gasteiger charge is -2.26. The molecule has 0 saturated heterocycles. The molecule has 0 fully saturated rings. The fourth-order valence-electron chi connectivity index (χ4n) is 5.33. The highest BCUT2D eigenvalue weighted by atomic mass is 32.2. The van der Waals surface area contributed by atoms with E-state index in [1.54, 1.807) is 50.6 Å². The first-order valence-corrected chi connectivity index (χ1v) is 14.5. The van der Waals surface area contributed by atoms with Crippen LogP contribution in [0.4, 0.5) is 5.69 Å². The van der Waals surface area contributed by atoms with Crippen molar-refractivity contribution in [2.45, 2.75) is 16.9 Å². The van der Waals surface area contributed by atoms with Crippen LogP contribution in [0.1, 0.15) is 23.1 Å². The van der Waals surface area contributed by atoms with E-state index in [0.29, 0.717) is 34.3 Å². The minimum atomic E-state index is -3.99. The van der Waals surface area contributed by atoms with Crippen LogP contribution in [0.3, 0.4) is 0 Å². The molecule has 2 unspecified atom stereocenters. The van der Waals surface area contributed by atoms with Crippen LogP contribution in [0, 0.1) is 0 Å².